The molecule has 0 spiro atoms. The SMILES string of the molecule is O=c1n(CCO)nc(-c2ccccn2)n1-c1ccccc1. The number of para-hydroxylation sites is 1. The summed E-state index contributed by atoms with van der Waals surface area (Å²) in [7, 11) is 0. The zero-order valence-corrected chi connectivity index (χ0v) is 11.3. The highest BCUT2D eigenvalue weighted by molar-refractivity contribution is 5.53. The van der Waals surface area contributed by atoms with E-state index in [1.807, 2.05) is 36.4 Å². The fourth-order valence-electron chi connectivity index (χ4n) is 2.12. The van der Waals surface area contributed by atoms with Gasteiger partial charge in [0, 0.05) is 6.20 Å². The van der Waals surface area contributed by atoms with Gasteiger partial charge in [0.2, 0.25) is 0 Å². The first-order valence-electron chi connectivity index (χ1n) is 6.59. The van der Waals surface area contributed by atoms with Crippen LogP contribution in [0.2, 0.25) is 0 Å². The number of aliphatic hydroxyl groups excluding tert-OH is 1. The molecule has 0 fully saturated rings. The Morgan fingerprint density at radius 1 is 1.05 bits per heavy atom. The maximum atomic E-state index is 12.5. The molecule has 0 aliphatic rings. The summed E-state index contributed by atoms with van der Waals surface area (Å²) >= 11 is 0. The van der Waals surface area contributed by atoms with E-state index in [9.17, 15) is 4.79 Å². The molecule has 0 bridgehead atoms. The number of aliphatic hydroxyl groups is 1. The number of aromatic nitrogens is 4. The van der Waals surface area contributed by atoms with Gasteiger partial charge in [0.05, 0.1) is 18.8 Å². The van der Waals surface area contributed by atoms with E-state index in [0.717, 1.165) is 0 Å². The first kappa shape index (κ1) is 13.3. The second kappa shape index (κ2) is 5.72. The van der Waals surface area contributed by atoms with Crippen LogP contribution in [-0.2, 0) is 6.54 Å². The average Bonchev–Trinajstić information content (AvgIpc) is 2.86. The van der Waals surface area contributed by atoms with Gasteiger partial charge in [-0.1, -0.05) is 24.3 Å². The average molecular weight is 282 g/mol. The molecule has 1 aromatic carbocycles. The van der Waals surface area contributed by atoms with Crippen LogP contribution in [0, 0.1) is 0 Å². The highest BCUT2D eigenvalue weighted by Crippen LogP contribution is 2.16. The van der Waals surface area contributed by atoms with Crippen LogP contribution < -0.4 is 5.69 Å². The molecule has 0 saturated heterocycles. The van der Waals surface area contributed by atoms with E-state index >= 15 is 0 Å². The van der Waals surface area contributed by atoms with Gasteiger partial charge in [0.25, 0.3) is 0 Å². The molecule has 0 saturated carbocycles. The first-order chi connectivity index (χ1) is 10.3. The number of hydrogen-bond donors (Lipinski definition) is 1. The Hall–Kier alpha value is -2.73. The minimum atomic E-state index is -0.295. The summed E-state index contributed by atoms with van der Waals surface area (Å²) in [4.78, 5) is 16.7. The van der Waals surface area contributed by atoms with Crippen molar-refractivity contribution < 1.29 is 5.11 Å². The molecular formula is C15H14N4O2. The summed E-state index contributed by atoms with van der Waals surface area (Å²) in [6.45, 7) is 0.00582. The van der Waals surface area contributed by atoms with E-state index < -0.39 is 0 Å². The Morgan fingerprint density at radius 3 is 2.48 bits per heavy atom. The molecule has 21 heavy (non-hydrogen) atoms. The van der Waals surface area contributed by atoms with Crippen LogP contribution in [-0.4, -0.2) is 31.0 Å². The van der Waals surface area contributed by atoms with Crippen molar-refractivity contribution in [2.75, 3.05) is 6.61 Å². The van der Waals surface area contributed by atoms with E-state index in [0.29, 0.717) is 17.2 Å². The fourth-order valence-corrected chi connectivity index (χ4v) is 2.12. The molecule has 0 atom stereocenters. The predicted octanol–water partition coefficient (Wildman–Crippen LogP) is 1.09. The van der Waals surface area contributed by atoms with Crippen molar-refractivity contribution in [2.24, 2.45) is 0 Å². The van der Waals surface area contributed by atoms with Gasteiger partial charge in [0.1, 0.15) is 5.69 Å². The number of pyridine rings is 1. The number of hydrogen-bond acceptors (Lipinski definition) is 4. The van der Waals surface area contributed by atoms with Crippen molar-refractivity contribution in [1.82, 2.24) is 19.3 Å². The molecule has 2 aromatic heterocycles. The van der Waals surface area contributed by atoms with Gasteiger partial charge in [-0.2, -0.15) is 0 Å². The zero-order valence-electron chi connectivity index (χ0n) is 11.3. The van der Waals surface area contributed by atoms with Gasteiger partial charge >= 0.3 is 5.69 Å². The quantitative estimate of drug-likeness (QED) is 0.777. The molecule has 2 heterocycles. The highest BCUT2D eigenvalue weighted by Gasteiger charge is 2.16. The number of benzene rings is 1. The van der Waals surface area contributed by atoms with Gasteiger partial charge in [-0.05, 0) is 24.3 Å². The molecule has 1 N–H and O–H groups in total. The third kappa shape index (κ3) is 2.48. The van der Waals surface area contributed by atoms with Gasteiger partial charge in [0.15, 0.2) is 5.82 Å². The summed E-state index contributed by atoms with van der Waals surface area (Å²) in [6.07, 6.45) is 1.65. The second-order valence-electron chi connectivity index (χ2n) is 4.44. The zero-order chi connectivity index (χ0) is 14.7. The molecule has 0 unspecified atom stereocenters. The topological polar surface area (TPSA) is 72.9 Å². The molecule has 3 rings (SSSR count). The third-order valence-electron chi connectivity index (χ3n) is 3.06. The standard InChI is InChI=1S/C15H14N4O2/c20-11-10-18-15(21)19(12-6-2-1-3-7-12)14(17-18)13-8-4-5-9-16-13/h1-9,20H,10-11H2. The predicted molar refractivity (Wildman–Crippen MR) is 78.1 cm³/mol. The van der Waals surface area contributed by atoms with Crippen LogP contribution in [0.1, 0.15) is 0 Å². The van der Waals surface area contributed by atoms with Crippen molar-refractivity contribution in [1.29, 1.82) is 0 Å². The van der Waals surface area contributed by atoms with Crippen LogP contribution in [0.3, 0.4) is 0 Å². The van der Waals surface area contributed by atoms with Crippen LogP contribution in [0.5, 0.6) is 0 Å². The van der Waals surface area contributed by atoms with Crippen molar-refractivity contribution in [3.63, 3.8) is 0 Å². The lowest BCUT2D eigenvalue weighted by Crippen LogP contribution is -2.25. The lowest BCUT2D eigenvalue weighted by atomic mass is 10.3. The van der Waals surface area contributed by atoms with Gasteiger partial charge in [-0.3, -0.25) is 4.98 Å². The Kier molecular flexibility index (Phi) is 3.61. The van der Waals surface area contributed by atoms with Gasteiger partial charge in [-0.25, -0.2) is 14.0 Å². The molecule has 0 aliphatic carbocycles. The van der Waals surface area contributed by atoms with Crippen molar-refractivity contribution in [2.45, 2.75) is 6.54 Å². The highest BCUT2D eigenvalue weighted by atomic mass is 16.3. The molecule has 0 aliphatic heterocycles. The summed E-state index contributed by atoms with van der Waals surface area (Å²) < 4.78 is 2.75. The first-order valence-corrected chi connectivity index (χ1v) is 6.59. The third-order valence-corrected chi connectivity index (χ3v) is 3.06. The van der Waals surface area contributed by atoms with Crippen LogP contribution in [0.25, 0.3) is 17.2 Å². The largest absolute Gasteiger partial charge is 0.394 e. The number of nitrogens with zero attached hydrogens (tertiary/aromatic N) is 4. The van der Waals surface area contributed by atoms with Crippen molar-refractivity contribution in [3.05, 3.63) is 65.2 Å². The van der Waals surface area contributed by atoms with E-state index in [1.165, 1.54) is 9.25 Å². The van der Waals surface area contributed by atoms with E-state index in [4.69, 9.17) is 5.11 Å². The summed E-state index contributed by atoms with van der Waals surface area (Å²) in [5.74, 6) is 0.459. The normalized spacial score (nSPS) is 10.7. The summed E-state index contributed by atoms with van der Waals surface area (Å²) in [5.41, 5.74) is 1.03. The maximum Gasteiger partial charge on any atom is 0.350 e. The molecular weight excluding hydrogens is 268 g/mol. The Labute approximate surface area is 120 Å². The van der Waals surface area contributed by atoms with Crippen LogP contribution in [0.15, 0.2) is 59.5 Å². The molecule has 6 nitrogen and oxygen atoms in total. The lowest BCUT2D eigenvalue weighted by Gasteiger charge is -2.04. The maximum absolute atomic E-state index is 12.5. The minimum absolute atomic E-state index is 0.145. The smallest absolute Gasteiger partial charge is 0.350 e. The van der Waals surface area contributed by atoms with E-state index in [-0.39, 0.29) is 18.8 Å². The molecule has 6 heteroatoms. The molecule has 106 valence electrons. The Morgan fingerprint density at radius 2 is 1.81 bits per heavy atom. The molecule has 0 radical (unpaired) electrons. The lowest BCUT2D eigenvalue weighted by molar-refractivity contribution is 0.267. The minimum Gasteiger partial charge on any atom is -0.394 e. The number of rotatable bonds is 4. The van der Waals surface area contributed by atoms with E-state index in [1.54, 1.807) is 18.3 Å². The molecule has 3 aromatic rings. The Bertz CT molecular complexity index is 778. The summed E-state index contributed by atoms with van der Waals surface area (Å²) in [6, 6.07) is 14.7. The Balaban J connectivity index is 2.24. The second-order valence-corrected chi connectivity index (χ2v) is 4.44. The summed E-state index contributed by atoms with van der Waals surface area (Å²) in [5, 5.41) is 13.4. The van der Waals surface area contributed by atoms with Gasteiger partial charge < -0.3 is 5.11 Å². The van der Waals surface area contributed by atoms with Gasteiger partial charge in [-0.15, -0.1) is 5.10 Å². The van der Waals surface area contributed by atoms with Crippen molar-refractivity contribution >= 4 is 0 Å². The van der Waals surface area contributed by atoms with E-state index in [2.05, 4.69) is 10.1 Å². The van der Waals surface area contributed by atoms with Crippen LogP contribution in [0.4, 0.5) is 0 Å². The monoisotopic (exact) mass is 282 g/mol. The molecule has 0 amide bonds. The van der Waals surface area contributed by atoms with Crippen molar-refractivity contribution in [3.8, 4) is 17.2 Å². The van der Waals surface area contributed by atoms with Crippen LogP contribution >= 0.6 is 0 Å². The fraction of sp³-hybridized carbons (Fsp3) is 0.133.